The van der Waals surface area contributed by atoms with E-state index in [0.29, 0.717) is 6.07 Å². The molecular formula is C20H18F3N3O3. The Morgan fingerprint density at radius 1 is 1.21 bits per heavy atom. The van der Waals surface area contributed by atoms with Crippen molar-refractivity contribution < 1.29 is 27.9 Å². The fraction of sp³-hybridized carbons (Fsp3) is 0.250. The lowest BCUT2D eigenvalue weighted by molar-refractivity contribution is -0.137. The van der Waals surface area contributed by atoms with E-state index in [9.17, 15) is 27.9 Å². The molecular weight excluding hydrogens is 387 g/mol. The number of hydrogen-bond donors (Lipinski definition) is 3. The Balaban J connectivity index is 2.13. The maximum Gasteiger partial charge on any atom is 0.416 e. The Morgan fingerprint density at radius 3 is 2.52 bits per heavy atom. The topological polar surface area (TPSA) is 91.3 Å². The predicted molar refractivity (Wildman–Crippen MR) is 100 cm³/mol. The van der Waals surface area contributed by atoms with Gasteiger partial charge < -0.3 is 15.7 Å². The molecule has 0 aliphatic heterocycles. The molecule has 0 aliphatic rings. The molecule has 29 heavy (non-hydrogen) atoms. The molecule has 0 fully saturated rings. The first-order valence-electron chi connectivity index (χ1n) is 8.36. The highest BCUT2D eigenvalue weighted by Gasteiger charge is 2.31. The summed E-state index contributed by atoms with van der Waals surface area (Å²) in [6, 6.07) is 5.02. The molecule has 3 N–H and O–H groups in total. The van der Waals surface area contributed by atoms with Gasteiger partial charge in [0.1, 0.15) is 11.4 Å². The zero-order chi connectivity index (χ0) is 21.8. The fourth-order valence-corrected chi connectivity index (χ4v) is 2.30. The van der Waals surface area contributed by atoms with Gasteiger partial charge in [-0.1, -0.05) is 5.92 Å². The molecule has 0 radical (unpaired) electrons. The second-order valence-corrected chi connectivity index (χ2v) is 6.72. The number of anilines is 1. The molecule has 9 heteroatoms. The Labute approximate surface area is 165 Å². The molecule has 0 bridgehead atoms. The summed E-state index contributed by atoms with van der Waals surface area (Å²) < 4.78 is 38.4. The van der Waals surface area contributed by atoms with Crippen LogP contribution < -0.4 is 10.6 Å². The molecule has 2 amide bonds. The van der Waals surface area contributed by atoms with Crippen LogP contribution in [0.2, 0.25) is 0 Å². The minimum Gasteiger partial charge on any atom is -0.508 e. The summed E-state index contributed by atoms with van der Waals surface area (Å²) >= 11 is 0. The molecule has 0 unspecified atom stereocenters. The number of rotatable bonds is 5. The maximum absolute atomic E-state index is 12.8. The van der Waals surface area contributed by atoms with Gasteiger partial charge in [0.05, 0.1) is 17.5 Å². The number of benzene rings is 1. The lowest BCUT2D eigenvalue weighted by atomic mass is 10.1. The van der Waals surface area contributed by atoms with Gasteiger partial charge in [-0.05, 0) is 44.2 Å². The molecule has 0 saturated heterocycles. The van der Waals surface area contributed by atoms with Crippen LogP contribution in [0.15, 0.2) is 36.5 Å². The highest BCUT2D eigenvalue weighted by molar-refractivity contribution is 5.96. The van der Waals surface area contributed by atoms with Gasteiger partial charge in [0.15, 0.2) is 0 Å². The first-order chi connectivity index (χ1) is 13.4. The minimum absolute atomic E-state index is 0.00644. The van der Waals surface area contributed by atoms with Gasteiger partial charge in [0.25, 0.3) is 5.91 Å². The van der Waals surface area contributed by atoms with E-state index in [2.05, 4.69) is 21.5 Å². The van der Waals surface area contributed by atoms with Gasteiger partial charge in [-0.15, -0.1) is 6.42 Å². The molecule has 1 aromatic carbocycles. The summed E-state index contributed by atoms with van der Waals surface area (Å²) in [4.78, 5) is 28.3. The summed E-state index contributed by atoms with van der Waals surface area (Å²) in [5.74, 6) is 0.737. The zero-order valence-electron chi connectivity index (χ0n) is 15.6. The van der Waals surface area contributed by atoms with Gasteiger partial charge in [-0.3, -0.25) is 14.6 Å². The third-order valence-corrected chi connectivity index (χ3v) is 3.82. The van der Waals surface area contributed by atoms with Crippen LogP contribution in [0.4, 0.5) is 18.9 Å². The van der Waals surface area contributed by atoms with Crippen LogP contribution in [-0.4, -0.2) is 27.4 Å². The van der Waals surface area contributed by atoms with E-state index < -0.39 is 41.3 Å². The van der Waals surface area contributed by atoms with Crippen LogP contribution in [0.1, 0.15) is 35.5 Å². The third-order valence-electron chi connectivity index (χ3n) is 3.82. The van der Waals surface area contributed by atoms with Crippen molar-refractivity contribution in [3.63, 3.8) is 0 Å². The van der Waals surface area contributed by atoms with Crippen LogP contribution in [0.25, 0.3) is 0 Å². The first kappa shape index (κ1) is 21.8. The Bertz CT molecular complexity index is 979. The molecule has 0 aliphatic carbocycles. The van der Waals surface area contributed by atoms with Crippen molar-refractivity contribution in [2.45, 2.75) is 32.0 Å². The van der Waals surface area contributed by atoms with E-state index in [4.69, 9.17) is 6.42 Å². The number of pyridine rings is 1. The van der Waals surface area contributed by atoms with Crippen molar-refractivity contribution in [3.8, 4) is 18.1 Å². The number of aromatic nitrogens is 1. The highest BCUT2D eigenvalue weighted by Crippen LogP contribution is 2.32. The number of phenolic OH excluding ortho intramolecular Hbond substituents is 1. The summed E-state index contributed by atoms with van der Waals surface area (Å²) in [5, 5.41) is 14.8. The SMILES string of the molecule is C#CC(C)(C)NC(=O)c1cc(NC(=O)Cc2cc(C(F)(F)F)ccc2O)ccn1. The van der Waals surface area contributed by atoms with E-state index in [0.717, 1.165) is 12.1 Å². The smallest absolute Gasteiger partial charge is 0.416 e. The van der Waals surface area contributed by atoms with E-state index in [-0.39, 0.29) is 16.9 Å². The standard InChI is InChI=1S/C20H18F3N3O3/c1-4-19(2,3)26-18(29)15-11-14(7-8-24-15)25-17(28)10-12-9-13(20(21,22)23)5-6-16(12)27/h1,5-9,11,27H,10H2,2-3H3,(H,26,29)(H,24,25,28). The summed E-state index contributed by atoms with van der Waals surface area (Å²) in [5.41, 5.74) is -1.86. The molecule has 0 spiro atoms. The van der Waals surface area contributed by atoms with Crippen LogP contribution in [0.3, 0.4) is 0 Å². The van der Waals surface area contributed by atoms with E-state index in [1.807, 2.05) is 0 Å². The molecule has 2 rings (SSSR count). The van der Waals surface area contributed by atoms with Crippen molar-refractivity contribution in [2.24, 2.45) is 0 Å². The molecule has 152 valence electrons. The number of phenols is 1. The van der Waals surface area contributed by atoms with Crippen molar-refractivity contribution in [1.82, 2.24) is 10.3 Å². The maximum atomic E-state index is 12.8. The van der Waals surface area contributed by atoms with Crippen LogP contribution in [-0.2, 0) is 17.4 Å². The number of terminal acetylenes is 1. The van der Waals surface area contributed by atoms with Gasteiger partial charge >= 0.3 is 6.18 Å². The minimum atomic E-state index is -4.60. The zero-order valence-corrected chi connectivity index (χ0v) is 15.6. The van der Waals surface area contributed by atoms with Crippen molar-refractivity contribution in [2.75, 3.05) is 5.32 Å². The fourth-order valence-electron chi connectivity index (χ4n) is 2.30. The lowest BCUT2D eigenvalue weighted by Gasteiger charge is -2.19. The monoisotopic (exact) mass is 405 g/mol. The molecule has 0 atom stereocenters. The molecule has 0 saturated carbocycles. The number of halogens is 3. The summed E-state index contributed by atoms with van der Waals surface area (Å²) in [7, 11) is 0. The number of hydrogen-bond acceptors (Lipinski definition) is 4. The largest absolute Gasteiger partial charge is 0.508 e. The van der Waals surface area contributed by atoms with Gasteiger partial charge in [-0.2, -0.15) is 13.2 Å². The van der Waals surface area contributed by atoms with Crippen LogP contribution in [0, 0.1) is 12.3 Å². The number of nitrogens with one attached hydrogen (secondary N) is 2. The normalized spacial score (nSPS) is 11.4. The summed E-state index contributed by atoms with van der Waals surface area (Å²) in [6.45, 7) is 3.25. The van der Waals surface area contributed by atoms with Crippen molar-refractivity contribution in [3.05, 3.63) is 53.3 Å². The predicted octanol–water partition coefficient (Wildman–Crippen LogP) is 3.13. The number of carbonyl (C=O) groups excluding carboxylic acids is 2. The molecule has 1 heterocycles. The quantitative estimate of drug-likeness (QED) is 0.667. The average Bonchev–Trinajstić information content (AvgIpc) is 2.62. The number of aromatic hydroxyl groups is 1. The summed E-state index contributed by atoms with van der Waals surface area (Å²) in [6.07, 6.45) is 1.51. The van der Waals surface area contributed by atoms with Gasteiger partial charge in [0, 0.05) is 17.4 Å². The number of amides is 2. The van der Waals surface area contributed by atoms with E-state index in [1.165, 1.54) is 18.3 Å². The highest BCUT2D eigenvalue weighted by atomic mass is 19.4. The van der Waals surface area contributed by atoms with Gasteiger partial charge in [-0.25, -0.2) is 0 Å². The molecule has 6 nitrogen and oxygen atoms in total. The third kappa shape index (κ3) is 5.97. The van der Waals surface area contributed by atoms with Crippen LogP contribution >= 0.6 is 0 Å². The van der Waals surface area contributed by atoms with Crippen LogP contribution in [0.5, 0.6) is 5.75 Å². The number of carbonyl (C=O) groups is 2. The Morgan fingerprint density at radius 2 is 1.90 bits per heavy atom. The lowest BCUT2D eigenvalue weighted by Crippen LogP contribution is -2.42. The second-order valence-electron chi connectivity index (χ2n) is 6.72. The van der Waals surface area contributed by atoms with E-state index >= 15 is 0 Å². The second kappa shape index (κ2) is 8.22. The van der Waals surface area contributed by atoms with Crippen molar-refractivity contribution >= 4 is 17.5 Å². The Hall–Kier alpha value is -3.54. The molecule has 2 aromatic rings. The Kier molecular flexibility index (Phi) is 6.17. The average molecular weight is 405 g/mol. The van der Waals surface area contributed by atoms with Gasteiger partial charge in [0.2, 0.25) is 5.91 Å². The van der Waals surface area contributed by atoms with Crippen molar-refractivity contribution in [1.29, 1.82) is 0 Å². The first-order valence-corrected chi connectivity index (χ1v) is 8.36. The number of nitrogens with zero attached hydrogens (tertiary/aromatic N) is 1. The van der Waals surface area contributed by atoms with E-state index in [1.54, 1.807) is 13.8 Å². The number of alkyl halides is 3. The molecule has 1 aromatic heterocycles.